The second kappa shape index (κ2) is 16.3. The molecule has 0 radical (unpaired) electrons. The highest BCUT2D eigenvalue weighted by atomic mass is 79.9. The molecule has 2 aliphatic heterocycles. The molecule has 0 bridgehead atoms. The van der Waals surface area contributed by atoms with E-state index in [1.807, 2.05) is 36.2 Å². The van der Waals surface area contributed by atoms with E-state index in [1.54, 1.807) is 0 Å². The molecule has 214 valence electrons. The minimum absolute atomic E-state index is 0.134. The van der Waals surface area contributed by atoms with E-state index in [1.165, 1.54) is 30.8 Å². The molecular weight excluding hydrogens is 630 g/mol. The van der Waals surface area contributed by atoms with Crippen molar-refractivity contribution in [3.05, 3.63) is 98.4 Å². The first kappa shape index (κ1) is 30.7. The third-order valence-corrected chi connectivity index (χ3v) is 8.61. The highest BCUT2D eigenvalue weighted by Crippen LogP contribution is 2.15. The fourth-order valence-electron chi connectivity index (χ4n) is 4.95. The molecule has 2 saturated heterocycles. The van der Waals surface area contributed by atoms with Crippen molar-refractivity contribution < 1.29 is 4.79 Å². The van der Waals surface area contributed by atoms with Gasteiger partial charge in [0, 0.05) is 92.7 Å². The third kappa shape index (κ3) is 10.00. The standard InChI is InChI=1S/C20H24BrN3O.C12H17BrN2/c1-22-19-8-4-17(5-9-19)20(25)24-14-12-23(13-15-24)11-10-16-2-6-18(21)7-3-16;13-12-3-1-11(2-4-12)5-8-15-9-6-14-7-10-15/h2-9,22H,10-15H2,1H3;1-4,14H,5-10H2. The van der Waals surface area contributed by atoms with Crippen LogP contribution < -0.4 is 10.6 Å². The van der Waals surface area contributed by atoms with Crippen molar-refractivity contribution in [2.45, 2.75) is 12.8 Å². The Morgan fingerprint density at radius 1 is 0.700 bits per heavy atom. The summed E-state index contributed by atoms with van der Waals surface area (Å²) in [7, 11) is 1.88. The minimum Gasteiger partial charge on any atom is -0.388 e. The number of anilines is 1. The molecule has 2 aliphatic rings. The second-order valence-electron chi connectivity index (χ2n) is 10.3. The van der Waals surface area contributed by atoms with E-state index in [0.717, 1.165) is 78.9 Å². The predicted molar refractivity (Wildman–Crippen MR) is 173 cm³/mol. The van der Waals surface area contributed by atoms with E-state index in [0.29, 0.717) is 0 Å². The maximum atomic E-state index is 12.6. The van der Waals surface area contributed by atoms with E-state index >= 15 is 0 Å². The second-order valence-corrected chi connectivity index (χ2v) is 12.1. The van der Waals surface area contributed by atoms with Crippen LogP contribution in [0.5, 0.6) is 0 Å². The van der Waals surface area contributed by atoms with Crippen molar-refractivity contribution >= 4 is 43.5 Å². The van der Waals surface area contributed by atoms with Gasteiger partial charge < -0.3 is 20.4 Å². The number of carbonyl (C=O) groups excluding carboxylic acids is 1. The maximum absolute atomic E-state index is 12.6. The molecule has 0 atom stereocenters. The number of benzene rings is 3. The average Bonchev–Trinajstić information content (AvgIpc) is 3.01. The molecular formula is C32H41Br2N5O. The van der Waals surface area contributed by atoms with Gasteiger partial charge in [-0.1, -0.05) is 56.1 Å². The topological polar surface area (TPSA) is 50.9 Å². The molecule has 0 spiro atoms. The summed E-state index contributed by atoms with van der Waals surface area (Å²) in [5.41, 5.74) is 4.57. The number of hydrogen-bond acceptors (Lipinski definition) is 5. The summed E-state index contributed by atoms with van der Waals surface area (Å²) >= 11 is 6.92. The Hall–Kier alpha value is -2.23. The monoisotopic (exact) mass is 669 g/mol. The molecule has 0 aliphatic carbocycles. The van der Waals surface area contributed by atoms with Gasteiger partial charge in [0.1, 0.15) is 0 Å². The number of amides is 1. The van der Waals surface area contributed by atoms with Gasteiger partial charge in [-0.05, 0) is 72.5 Å². The fraction of sp³-hybridized carbons (Fsp3) is 0.406. The Balaban J connectivity index is 0.000000210. The lowest BCUT2D eigenvalue weighted by Gasteiger charge is -2.34. The molecule has 1 amide bonds. The van der Waals surface area contributed by atoms with Crippen LogP contribution in [0, 0.1) is 0 Å². The van der Waals surface area contributed by atoms with E-state index in [4.69, 9.17) is 0 Å². The van der Waals surface area contributed by atoms with Gasteiger partial charge in [0.15, 0.2) is 0 Å². The zero-order valence-electron chi connectivity index (χ0n) is 23.4. The number of halogens is 2. The van der Waals surface area contributed by atoms with Crippen LogP contribution in [0.25, 0.3) is 0 Å². The van der Waals surface area contributed by atoms with Crippen molar-refractivity contribution in [2.75, 3.05) is 77.8 Å². The molecule has 40 heavy (non-hydrogen) atoms. The Bertz CT molecular complexity index is 1160. The maximum Gasteiger partial charge on any atom is 0.253 e. The molecule has 0 aromatic heterocycles. The molecule has 0 unspecified atom stereocenters. The van der Waals surface area contributed by atoms with E-state index in [2.05, 4.69) is 101 Å². The first-order valence-electron chi connectivity index (χ1n) is 14.2. The number of hydrogen-bond donors (Lipinski definition) is 2. The number of nitrogens with zero attached hydrogens (tertiary/aromatic N) is 3. The van der Waals surface area contributed by atoms with Crippen LogP contribution in [0.3, 0.4) is 0 Å². The van der Waals surface area contributed by atoms with Gasteiger partial charge in [-0.25, -0.2) is 0 Å². The largest absolute Gasteiger partial charge is 0.388 e. The van der Waals surface area contributed by atoms with Gasteiger partial charge in [-0.3, -0.25) is 9.69 Å². The molecule has 5 rings (SSSR count). The molecule has 2 fully saturated rings. The summed E-state index contributed by atoms with van der Waals surface area (Å²) in [6.45, 7) is 10.4. The zero-order valence-corrected chi connectivity index (χ0v) is 26.6. The smallest absolute Gasteiger partial charge is 0.253 e. The quantitative estimate of drug-likeness (QED) is 0.337. The Labute approximate surface area is 256 Å². The van der Waals surface area contributed by atoms with Crippen molar-refractivity contribution in [2.24, 2.45) is 0 Å². The Kier molecular flexibility index (Phi) is 12.5. The fourth-order valence-corrected chi connectivity index (χ4v) is 5.48. The van der Waals surface area contributed by atoms with Crippen LogP contribution in [0.1, 0.15) is 21.5 Å². The summed E-state index contributed by atoms with van der Waals surface area (Å²) in [5, 5.41) is 6.45. The normalized spacial score (nSPS) is 16.2. The lowest BCUT2D eigenvalue weighted by Crippen LogP contribution is -2.49. The molecule has 8 heteroatoms. The molecule has 6 nitrogen and oxygen atoms in total. The number of rotatable bonds is 8. The van der Waals surface area contributed by atoms with Crippen LogP contribution in [0.15, 0.2) is 81.7 Å². The Morgan fingerprint density at radius 3 is 1.65 bits per heavy atom. The molecule has 3 aromatic rings. The van der Waals surface area contributed by atoms with Crippen LogP contribution in [0.4, 0.5) is 5.69 Å². The number of carbonyl (C=O) groups is 1. The highest BCUT2D eigenvalue weighted by molar-refractivity contribution is 9.10. The van der Waals surface area contributed by atoms with Gasteiger partial charge in [-0.15, -0.1) is 0 Å². The van der Waals surface area contributed by atoms with Crippen LogP contribution in [0.2, 0.25) is 0 Å². The van der Waals surface area contributed by atoms with Crippen LogP contribution >= 0.6 is 31.9 Å². The van der Waals surface area contributed by atoms with Gasteiger partial charge in [0.05, 0.1) is 0 Å². The van der Waals surface area contributed by atoms with Crippen molar-refractivity contribution in [3.8, 4) is 0 Å². The lowest BCUT2D eigenvalue weighted by molar-refractivity contribution is 0.0638. The van der Waals surface area contributed by atoms with Gasteiger partial charge in [0.25, 0.3) is 5.91 Å². The van der Waals surface area contributed by atoms with E-state index in [9.17, 15) is 4.79 Å². The molecule has 0 saturated carbocycles. The molecule has 2 N–H and O–H groups in total. The van der Waals surface area contributed by atoms with Crippen molar-refractivity contribution in [1.29, 1.82) is 0 Å². The summed E-state index contributed by atoms with van der Waals surface area (Å²) in [6.07, 6.45) is 2.21. The number of piperazine rings is 2. The third-order valence-electron chi connectivity index (χ3n) is 7.55. The van der Waals surface area contributed by atoms with Crippen molar-refractivity contribution in [1.82, 2.24) is 20.0 Å². The van der Waals surface area contributed by atoms with Crippen molar-refractivity contribution in [3.63, 3.8) is 0 Å². The summed E-state index contributed by atoms with van der Waals surface area (Å²) in [5.74, 6) is 0.134. The summed E-state index contributed by atoms with van der Waals surface area (Å²) in [4.78, 5) is 19.5. The lowest BCUT2D eigenvalue weighted by atomic mass is 10.1. The van der Waals surface area contributed by atoms with Gasteiger partial charge in [-0.2, -0.15) is 0 Å². The van der Waals surface area contributed by atoms with E-state index in [-0.39, 0.29) is 5.91 Å². The van der Waals surface area contributed by atoms with Crippen LogP contribution in [-0.2, 0) is 12.8 Å². The first-order chi connectivity index (χ1) is 19.5. The van der Waals surface area contributed by atoms with Gasteiger partial charge >= 0.3 is 0 Å². The summed E-state index contributed by atoms with van der Waals surface area (Å²) < 4.78 is 2.28. The van der Waals surface area contributed by atoms with Gasteiger partial charge in [0.2, 0.25) is 0 Å². The first-order valence-corrected chi connectivity index (χ1v) is 15.8. The predicted octanol–water partition coefficient (Wildman–Crippen LogP) is 5.39. The number of nitrogens with one attached hydrogen (secondary N) is 2. The zero-order chi connectivity index (χ0) is 28.2. The average molecular weight is 672 g/mol. The van der Waals surface area contributed by atoms with E-state index < -0.39 is 0 Å². The minimum atomic E-state index is 0.134. The van der Waals surface area contributed by atoms with Crippen LogP contribution in [-0.4, -0.2) is 93.1 Å². The molecule has 2 heterocycles. The molecule has 3 aromatic carbocycles. The highest BCUT2D eigenvalue weighted by Gasteiger charge is 2.21. The SMILES string of the molecule is Brc1ccc(CCN2CCNCC2)cc1.CNc1ccc(C(=O)N2CCN(CCc3ccc(Br)cc3)CC2)cc1. The Morgan fingerprint density at radius 2 is 1.18 bits per heavy atom. The summed E-state index contributed by atoms with van der Waals surface area (Å²) in [6, 6.07) is 24.8.